The van der Waals surface area contributed by atoms with Crippen molar-refractivity contribution >= 4 is 18.7 Å². The molecule has 0 spiro atoms. The van der Waals surface area contributed by atoms with Gasteiger partial charge in [-0.15, -0.1) is 0 Å². The number of benzene rings is 1. The maximum absolute atomic E-state index is 12.7. The Morgan fingerprint density at radius 2 is 2.00 bits per heavy atom. The largest absolute Gasteiger partial charge is 0.498 e. The molecule has 6 nitrogen and oxygen atoms in total. The fourth-order valence-corrected chi connectivity index (χ4v) is 4.18. The summed E-state index contributed by atoms with van der Waals surface area (Å²) in [5, 5.41) is 0. The number of amides is 1. The van der Waals surface area contributed by atoms with Crippen molar-refractivity contribution in [2.24, 2.45) is 0 Å². The third kappa shape index (κ3) is 6.14. The van der Waals surface area contributed by atoms with Crippen LogP contribution in [0.4, 0.5) is 4.79 Å². The van der Waals surface area contributed by atoms with E-state index in [1.54, 1.807) is 0 Å². The van der Waals surface area contributed by atoms with Gasteiger partial charge in [0.1, 0.15) is 18.0 Å². The van der Waals surface area contributed by atoms with Gasteiger partial charge in [0, 0.05) is 18.1 Å². The Labute approximate surface area is 181 Å². The van der Waals surface area contributed by atoms with Crippen LogP contribution in [0.1, 0.15) is 67.2 Å². The van der Waals surface area contributed by atoms with E-state index in [9.17, 15) is 4.79 Å². The Hall–Kier alpha value is -1.73. The van der Waals surface area contributed by atoms with Crippen molar-refractivity contribution in [3.8, 4) is 5.75 Å². The van der Waals surface area contributed by atoms with Gasteiger partial charge in [-0.3, -0.25) is 0 Å². The molecule has 2 heterocycles. The number of para-hydroxylation sites is 1. The van der Waals surface area contributed by atoms with Crippen LogP contribution in [-0.4, -0.2) is 54.6 Å². The zero-order chi connectivity index (χ0) is 21.9. The number of hydrogen-bond donors (Lipinski definition) is 0. The molecule has 0 saturated carbocycles. The fourth-order valence-electron chi connectivity index (χ4n) is 4.18. The number of rotatable bonds is 4. The van der Waals surface area contributed by atoms with Crippen molar-refractivity contribution in [3.05, 3.63) is 24.3 Å². The molecule has 166 valence electrons. The van der Waals surface area contributed by atoms with Crippen molar-refractivity contribution in [2.75, 3.05) is 13.2 Å². The normalized spacial score (nSPS) is 24.5. The lowest BCUT2D eigenvalue weighted by molar-refractivity contribution is -0.0233. The van der Waals surface area contributed by atoms with E-state index in [4.69, 9.17) is 18.8 Å². The first kappa shape index (κ1) is 22.9. The lowest BCUT2D eigenvalue weighted by atomic mass is 9.74. The van der Waals surface area contributed by atoms with Crippen molar-refractivity contribution in [3.63, 3.8) is 0 Å². The molecular formula is C23H36BNO5. The second-order valence-electron chi connectivity index (χ2n) is 10.0. The van der Waals surface area contributed by atoms with Gasteiger partial charge < -0.3 is 23.7 Å². The fraction of sp³-hybridized carbons (Fsp3) is 0.696. The number of likely N-dealkylation sites (tertiary alicyclic amines) is 1. The second-order valence-corrected chi connectivity index (χ2v) is 10.0. The molecule has 3 rings (SSSR count). The Morgan fingerprint density at radius 3 is 2.70 bits per heavy atom. The predicted molar refractivity (Wildman–Crippen MR) is 118 cm³/mol. The minimum absolute atomic E-state index is 0.00906. The highest BCUT2D eigenvalue weighted by Crippen LogP contribution is 2.27. The molecular weight excluding hydrogens is 381 g/mol. The lowest BCUT2D eigenvalue weighted by Gasteiger charge is -2.39. The van der Waals surface area contributed by atoms with Crippen LogP contribution in [0.3, 0.4) is 0 Å². The molecule has 7 heteroatoms. The van der Waals surface area contributed by atoms with Crippen LogP contribution < -0.4 is 10.2 Å². The van der Waals surface area contributed by atoms with Crippen LogP contribution >= 0.6 is 0 Å². The maximum atomic E-state index is 12.7. The number of carbonyl (C=O) groups excluding carboxylic acids is 1. The van der Waals surface area contributed by atoms with Crippen molar-refractivity contribution in [1.82, 2.24) is 4.90 Å². The summed E-state index contributed by atoms with van der Waals surface area (Å²) in [5.74, 6) is 0.738. The van der Waals surface area contributed by atoms with Crippen LogP contribution in [0.5, 0.6) is 5.75 Å². The molecule has 2 atom stereocenters. The minimum atomic E-state index is -0.508. The first-order chi connectivity index (χ1) is 14.0. The summed E-state index contributed by atoms with van der Waals surface area (Å²) in [6.45, 7) is 13.0. The predicted octanol–water partition coefficient (Wildman–Crippen LogP) is 4.15. The summed E-state index contributed by atoms with van der Waals surface area (Å²) in [7, 11) is -0.465. The highest BCUT2D eigenvalue weighted by atomic mass is 16.6. The second kappa shape index (κ2) is 9.19. The van der Waals surface area contributed by atoms with E-state index >= 15 is 0 Å². The SMILES string of the molecule is C[C@@H]1CC(C)(C)OB(c2ccccc2OC[C@H]2CCCCN2C(=O)OC(C)(C)C)O1. The first-order valence-electron chi connectivity index (χ1n) is 11.1. The van der Waals surface area contributed by atoms with Gasteiger partial charge >= 0.3 is 13.2 Å². The Bertz CT molecular complexity index is 733. The monoisotopic (exact) mass is 417 g/mol. The van der Waals surface area contributed by atoms with Crippen molar-refractivity contribution in [2.45, 2.75) is 90.6 Å². The molecule has 2 aliphatic rings. The summed E-state index contributed by atoms with van der Waals surface area (Å²) >= 11 is 0. The van der Waals surface area contributed by atoms with Gasteiger partial charge in [0.15, 0.2) is 0 Å². The van der Waals surface area contributed by atoms with Crippen molar-refractivity contribution in [1.29, 1.82) is 0 Å². The third-order valence-corrected chi connectivity index (χ3v) is 5.42. The number of carbonyl (C=O) groups is 1. The van der Waals surface area contributed by atoms with Gasteiger partial charge in [0.25, 0.3) is 0 Å². The van der Waals surface area contributed by atoms with Crippen LogP contribution in [0.15, 0.2) is 24.3 Å². The zero-order valence-corrected chi connectivity index (χ0v) is 19.3. The summed E-state index contributed by atoms with van der Waals surface area (Å²) in [5.41, 5.74) is 0.120. The standard InChI is InChI=1S/C23H36BNO5/c1-17-15-23(5,6)30-24(29-17)19-12-7-8-13-20(19)27-16-18-11-9-10-14-25(18)21(26)28-22(2,3)4/h7-8,12-13,17-18H,9-11,14-16H2,1-6H3/t17-,18-/m1/s1. The van der Waals surface area contributed by atoms with Crippen LogP contribution in [0, 0.1) is 0 Å². The van der Waals surface area contributed by atoms with E-state index in [1.807, 2.05) is 49.9 Å². The molecule has 0 unspecified atom stereocenters. The van der Waals surface area contributed by atoms with Crippen molar-refractivity contribution < 1.29 is 23.6 Å². The highest BCUT2D eigenvalue weighted by molar-refractivity contribution is 6.62. The van der Waals surface area contributed by atoms with Gasteiger partial charge in [-0.1, -0.05) is 18.2 Å². The molecule has 1 aromatic rings. The number of nitrogens with zero attached hydrogens (tertiary/aromatic N) is 1. The maximum Gasteiger partial charge on any atom is 0.498 e. The molecule has 0 N–H and O–H groups in total. The Kier molecular flexibility index (Phi) is 7.03. The quantitative estimate of drug-likeness (QED) is 0.689. The molecule has 2 aliphatic heterocycles. The third-order valence-electron chi connectivity index (χ3n) is 5.42. The molecule has 0 aliphatic carbocycles. The van der Waals surface area contributed by atoms with Gasteiger partial charge in [-0.25, -0.2) is 4.79 Å². The van der Waals surface area contributed by atoms with Crippen LogP contribution in [0.2, 0.25) is 0 Å². The molecule has 2 saturated heterocycles. The van der Waals surface area contributed by atoms with Gasteiger partial charge in [0.2, 0.25) is 0 Å². The zero-order valence-electron chi connectivity index (χ0n) is 19.3. The summed E-state index contributed by atoms with van der Waals surface area (Å²) < 4.78 is 24.1. The van der Waals surface area contributed by atoms with Gasteiger partial charge in [0.05, 0.1) is 11.6 Å². The molecule has 1 aromatic carbocycles. The van der Waals surface area contributed by atoms with Crippen LogP contribution in [-0.2, 0) is 14.0 Å². The molecule has 30 heavy (non-hydrogen) atoms. The highest BCUT2D eigenvalue weighted by Gasteiger charge is 2.40. The molecule has 0 bridgehead atoms. The molecule has 1 amide bonds. The number of ether oxygens (including phenoxy) is 2. The minimum Gasteiger partial charge on any atom is -0.492 e. The summed E-state index contributed by atoms with van der Waals surface area (Å²) in [6, 6.07) is 7.83. The average molecular weight is 417 g/mol. The number of piperidine rings is 1. The first-order valence-corrected chi connectivity index (χ1v) is 11.1. The summed E-state index contributed by atoms with van der Waals surface area (Å²) in [4.78, 5) is 14.5. The topological polar surface area (TPSA) is 57.2 Å². The van der Waals surface area contributed by atoms with E-state index in [-0.39, 0.29) is 23.8 Å². The Balaban J connectivity index is 1.70. The number of hydrogen-bond acceptors (Lipinski definition) is 5. The van der Waals surface area contributed by atoms with Crippen LogP contribution in [0.25, 0.3) is 0 Å². The summed E-state index contributed by atoms with van der Waals surface area (Å²) in [6.07, 6.45) is 3.66. The van der Waals surface area contributed by atoms with E-state index in [2.05, 4.69) is 20.8 Å². The van der Waals surface area contributed by atoms with Gasteiger partial charge in [-0.05, 0) is 73.3 Å². The molecule has 0 radical (unpaired) electrons. The lowest BCUT2D eigenvalue weighted by Crippen LogP contribution is -2.52. The van der Waals surface area contributed by atoms with E-state index in [0.29, 0.717) is 13.2 Å². The average Bonchev–Trinajstić information content (AvgIpc) is 2.64. The van der Waals surface area contributed by atoms with Gasteiger partial charge in [-0.2, -0.15) is 0 Å². The smallest absolute Gasteiger partial charge is 0.492 e. The van der Waals surface area contributed by atoms with E-state index in [0.717, 1.165) is 36.9 Å². The molecule has 0 aromatic heterocycles. The Morgan fingerprint density at radius 1 is 1.27 bits per heavy atom. The van der Waals surface area contributed by atoms with E-state index < -0.39 is 12.7 Å². The molecule has 2 fully saturated rings. The van der Waals surface area contributed by atoms with E-state index in [1.165, 1.54) is 0 Å².